The van der Waals surface area contributed by atoms with Crippen molar-refractivity contribution in [3.63, 3.8) is 0 Å². The number of anilines is 1. The van der Waals surface area contributed by atoms with E-state index in [2.05, 4.69) is 0 Å². The third kappa shape index (κ3) is 2.52. The summed E-state index contributed by atoms with van der Waals surface area (Å²) in [6.07, 6.45) is 2.24. The first-order valence-corrected chi connectivity index (χ1v) is 7.61. The Morgan fingerprint density at radius 2 is 1.94 bits per heavy atom. The van der Waals surface area contributed by atoms with Crippen molar-refractivity contribution in [1.29, 1.82) is 0 Å². The summed E-state index contributed by atoms with van der Waals surface area (Å²) in [5, 5.41) is 0. The Morgan fingerprint density at radius 1 is 1.33 bits per heavy atom. The van der Waals surface area contributed by atoms with E-state index >= 15 is 0 Å². The lowest BCUT2D eigenvalue weighted by Gasteiger charge is -2.24. The second kappa shape index (κ2) is 4.55. The van der Waals surface area contributed by atoms with Gasteiger partial charge < -0.3 is 5.73 Å². The first-order chi connectivity index (χ1) is 8.32. The summed E-state index contributed by atoms with van der Waals surface area (Å²) < 4.78 is 26.4. The summed E-state index contributed by atoms with van der Waals surface area (Å²) in [6.45, 7) is 3.81. The molecule has 2 rings (SSSR count). The lowest BCUT2D eigenvalue weighted by Crippen LogP contribution is -2.36. The van der Waals surface area contributed by atoms with Crippen LogP contribution in [0.3, 0.4) is 0 Å². The van der Waals surface area contributed by atoms with E-state index in [1.54, 1.807) is 19.2 Å². The molecule has 1 aromatic carbocycles. The fourth-order valence-corrected chi connectivity index (χ4v) is 3.75. The minimum Gasteiger partial charge on any atom is -0.399 e. The van der Waals surface area contributed by atoms with Crippen LogP contribution in [0.25, 0.3) is 0 Å². The fourth-order valence-electron chi connectivity index (χ4n) is 2.19. The average molecular weight is 268 g/mol. The van der Waals surface area contributed by atoms with E-state index in [0.29, 0.717) is 11.6 Å². The maximum Gasteiger partial charge on any atom is 0.243 e. The van der Waals surface area contributed by atoms with Gasteiger partial charge in [-0.3, -0.25) is 0 Å². The monoisotopic (exact) mass is 268 g/mol. The Kier molecular flexibility index (Phi) is 3.38. The standard InChI is InChI=1S/C13H20N2O2S/c1-9-6-12(14)8-13(7-9)18(16,17)15(3)10(2)11-4-5-11/h6-8,10-11H,4-5,14H2,1-3H3. The second-order valence-corrected chi connectivity index (χ2v) is 7.18. The van der Waals surface area contributed by atoms with Crippen molar-refractivity contribution in [3.05, 3.63) is 23.8 Å². The molecule has 100 valence electrons. The molecule has 2 N–H and O–H groups in total. The van der Waals surface area contributed by atoms with E-state index in [1.165, 1.54) is 10.4 Å². The Morgan fingerprint density at radius 3 is 2.44 bits per heavy atom. The van der Waals surface area contributed by atoms with Crippen LogP contribution in [0.4, 0.5) is 5.69 Å². The van der Waals surface area contributed by atoms with Gasteiger partial charge in [0.15, 0.2) is 0 Å². The van der Waals surface area contributed by atoms with Gasteiger partial charge in [0.05, 0.1) is 4.90 Å². The zero-order valence-corrected chi connectivity index (χ0v) is 11.9. The molecule has 0 bridgehead atoms. The molecular weight excluding hydrogens is 248 g/mol. The highest BCUT2D eigenvalue weighted by molar-refractivity contribution is 7.89. The smallest absolute Gasteiger partial charge is 0.243 e. The summed E-state index contributed by atoms with van der Waals surface area (Å²) in [5.74, 6) is 0.506. The van der Waals surface area contributed by atoms with E-state index in [4.69, 9.17) is 5.73 Å². The van der Waals surface area contributed by atoms with Crippen LogP contribution in [0.2, 0.25) is 0 Å². The Balaban J connectivity index is 2.34. The molecular formula is C13H20N2O2S. The fraction of sp³-hybridized carbons (Fsp3) is 0.538. The van der Waals surface area contributed by atoms with E-state index in [-0.39, 0.29) is 10.9 Å². The zero-order valence-electron chi connectivity index (χ0n) is 11.1. The molecule has 0 saturated heterocycles. The highest BCUT2D eigenvalue weighted by atomic mass is 32.2. The summed E-state index contributed by atoms with van der Waals surface area (Å²) in [5.41, 5.74) is 7.07. The van der Waals surface area contributed by atoms with Gasteiger partial charge in [-0.1, -0.05) is 0 Å². The summed E-state index contributed by atoms with van der Waals surface area (Å²) in [6, 6.07) is 5.01. The average Bonchev–Trinajstić information content (AvgIpc) is 3.09. The van der Waals surface area contributed by atoms with Gasteiger partial charge in [-0.15, -0.1) is 0 Å². The van der Waals surface area contributed by atoms with E-state index in [1.807, 2.05) is 13.8 Å². The van der Waals surface area contributed by atoms with E-state index in [0.717, 1.165) is 18.4 Å². The number of sulfonamides is 1. The van der Waals surface area contributed by atoms with Crippen LogP contribution in [0.15, 0.2) is 23.1 Å². The first-order valence-electron chi connectivity index (χ1n) is 6.17. The Labute approximate surface area is 109 Å². The van der Waals surface area contributed by atoms with Crippen molar-refractivity contribution >= 4 is 15.7 Å². The van der Waals surface area contributed by atoms with Crippen molar-refractivity contribution in [2.75, 3.05) is 12.8 Å². The minimum absolute atomic E-state index is 0.0525. The molecule has 0 heterocycles. The predicted molar refractivity (Wildman–Crippen MR) is 72.7 cm³/mol. The number of nitrogens with two attached hydrogens (primary N) is 1. The van der Waals surface area contributed by atoms with Crippen LogP contribution in [-0.2, 0) is 10.0 Å². The van der Waals surface area contributed by atoms with Crippen LogP contribution in [0, 0.1) is 12.8 Å². The molecule has 0 aromatic heterocycles. The van der Waals surface area contributed by atoms with Crippen molar-refractivity contribution < 1.29 is 8.42 Å². The number of hydrogen-bond acceptors (Lipinski definition) is 3. The van der Waals surface area contributed by atoms with Crippen molar-refractivity contribution in [3.8, 4) is 0 Å². The van der Waals surface area contributed by atoms with E-state index < -0.39 is 10.0 Å². The predicted octanol–water partition coefficient (Wildman–Crippen LogP) is 2.00. The van der Waals surface area contributed by atoms with Crippen LogP contribution in [0.1, 0.15) is 25.3 Å². The van der Waals surface area contributed by atoms with Gasteiger partial charge >= 0.3 is 0 Å². The van der Waals surface area contributed by atoms with Crippen molar-refractivity contribution in [2.24, 2.45) is 5.92 Å². The Bertz CT molecular complexity index is 530. The molecule has 5 heteroatoms. The Hall–Kier alpha value is -1.07. The molecule has 4 nitrogen and oxygen atoms in total. The molecule has 0 spiro atoms. The van der Waals surface area contributed by atoms with Gasteiger partial charge in [0, 0.05) is 18.8 Å². The van der Waals surface area contributed by atoms with Gasteiger partial charge in [-0.05, 0) is 56.4 Å². The molecule has 0 amide bonds. The number of hydrogen-bond donors (Lipinski definition) is 1. The maximum atomic E-state index is 12.5. The van der Waals surface area contributed by atoms with Crippen LogP contribution in [0.5, 0.6) is 0 Å². The van der Waals surface area contributed by atoms with Crippen LogP contribution < -0.4 is 5.73 Å². The summed E-state index contributed by atoms with van der Waals surface area (Å²) >= 11 is 0. The largest absolute Gasteiger partial charge is 0.399 e. The number of rotatable bonds is 4. The van der Waals surface area contributed by atoms with E-state index in [9.17, 15) is 8.42 Å². The lowest BCUT2D eigenvalue weighted by molar-refractivity contribution is 0.357. The number of benzene rings is 1. The van der Waals surface area contributed by atoms with Gasteiger partial charge in [-0.2, -0.15) is 4.31 Å². The zero-order chi connectivity index (χ0) is 13.5. The number of nitrogen functional groups attached to an aromatic ring is 1. The summed E-state index contributed by atoms with van der Waals surface area (Å²) in [4.78, 5) is 0.287. The molecule has 1 aromatic rings. The topological polar surface area (TPSA) is 63.4 Å². The summed E-state index contributed by atoms with van der Waals surface area (Å²) in [7, 11) is -1.79. The first kappa shape index (κ1) is 13.4. The molecule has 0 radical (unpaired) electrons. The van der Waals surface area contributed by atoms with Gasteiger partial charge in [0.25, 0.3) is 0 Å². The van der Waals surface area contributed by atoms with Gasteiger partial charge in [0.1, 0.15) is 0 Å². The van der Waals surface area contributed by atoms with Gasteiger partial charge in [-0.25, -0.2) is 8.42 Å². The molecule has 1 saturated carbocycles. The molecule has 1 aliphatic carbocycles. The molecule has 18 heavy (non-hydrogen) atoms. The lowest BCUT2D eigenvalue weighted by atomic mass is 10.2. The molecule has 1 aliphatic rings. The number of aryl methyl sites for hydroxylation is 1. The highest BCUT2D eigenvalue weighted by Crippen LogP contribution is 2.36. The minimum atomic E-state index is -3.43. The SMILES string of the molecule is Cc1cc(N)cc(S(=O)(=O)N(C)C(C)C2CC2)c1. The molecule has 1 atom stereocenters. The van der Waals surface area contributed by atoms with Crippen molar-refractivity contribution in [2.45, 2.75) is 37.6 Å². The van der Waals surface area contributed by atoms with Crippen molar-refractivity contribution in [1.82, 2.24) is 4.31 Å². The number of nitrogens with zero attached hydrogens (tertiary/aromatic N) is 1. The quantitative estimate of drug-likeness (QED) is 0.849. The highest BCUT2D eigenvalue weighted by Gasteiger charge is 2.36. The van der Waals surface area contributed by atoms with Crippen LogP contribution >= 0.6 is 0 Å². The molecule has 1 unspecified atom stereocenters. The third-order valence-electron chi connectivity index (χ3n) is 3.63. The molecule has 0 aliphatic heterocycles. The second-order valence-electron chi connectivity index (χ2n) is 5.18. The molecule has 1 fully saturated rings. The van der Waals surface area contributed by atoms with Crippen LogP contribution in [-0.4, -0.2) is 25.8 Å². The normalized spacial score (nSPS) is 18.0. The third-order valence-corrected chi connectivity index (χ3v) is 5.55. The van der Waals surface area contributed by atoms with Gasteiger partial charge in [0.2, 0.25) is 10.0 Å². The maximum absolute atomic E-state index is 12.5.